The van der Waals surface area contributed by atoms with Crippen molar-refractivity contribution in [3.63, 3.8) is 0 Å². The molecule has 0 amide bonds. The van der Waals surface area contributed by atoms with Gasteiger partial charge in [0.25, 0.3) is 0 Å². The van der Waals surface area contributed by atoms with Gasteiger partial charge in [-0.2, -0.15) is 0 Å². The summed E-state index contributed by atoms with van der Waals surface area (Å²) < 4.78 is 61.8. The van der Waals surface area contributed by atoms with E-state index in [1.165, 1.54) is 19.2 Å². The van der Waals surface area contributed by atoms with Gasteiger partial charge in [-0.15, -0.1) is 0 Å². The summed E-state index contributed by atoms with van der Waals surface area (Å²) in [6.45, 7) is 1.30. The zero-order valence-corrected chi connectivity index (χ0v) is 16.2. The first-order chi connectivity index (χ1) is 11.6. The summed E-state index contributed by atoms with van der Waals surface area (Å²) in [5, 5.41) is 3.28. The molecule has 1 fully saturated rings. The van der Waals surface area contributed by atoms with Crippen LogP contribution in [-0.4, -0.2) is 62.5 Å². The van der Waals surface area contributed by atoms with Gasteiger partial charge in [0, 0.05) is 19.9 Å². The van der Waals surface area contributed by atoms with Gasteiger partial charge in [0.15, 0.2) is 9.84 Å². The minimum absolute atomic E-state index is 0.0834. The lowest BCUT2D eigenvalue weighted by Crippen LogP contribution is -2.52. The Balaban J connectivity index is 2.32. The second-order valence-electron chi connectivity index (χ2n) is 6.15. The molecule has 1 aromatic rings. The van der Waals surface area contributed by atoms with Crippen molar-refractivity contribution in [1.29, 1.82) is 0 Å². The molecule has 2 rings (SSSR count). The molecule has 1 saturated heterocycles. The van der Waals surface area contributed by atoms with Crippen molar-refractivity contribution in [2.45, 2.75) is 28.2 Å². The molecule has 142 valence electrons. The van der Waals surface area contributed by atoms with Gasteiger partial charge in [-0.1, -0.05) is 0 Å². The first-order valence-electron chi connectivity index (χ1n) is 7.75. The average Bonchev–Trinajstić information content (AvgIpc) is 3.01. The second kappa shape index (κ2) is 7.58. The van der Waals surface area contributed by atoms with Crippen molar-refractivity contribution < 1.29 is 26.3 Å². The molecule has 0 radical (unpaired) electrons. The molecule has 0 spiro atoms. The standard InChI is InChI=1S/C15H24N2O6S2/c1-22-11-15(7-4-8-16-15)10-17-25(20,21)14-9-12(24(3,18)19)5-6-13(14)23-2/h5-6,9,16-17H,4,7-8,10-11H2,1-3H3. The second-order valence-corrected chi connectivity index (χ2v) is 9.90. The maximum absolute atomic E-state index is 12.7. The summed E-state index contributed by atoms with van der Waals surface area (Å²) >= 11 is 0. The van der Waals surface area contributed by atoms with Crippen LogP contribution in [0.25, 0.3) is 0 Å². The molecule has 2 N–H and O–H groups in total. The lowest BCUT2D eigenvalue weighted by atomic mass is 9.99. The van der Waals surface area contributed by atoms with Crippen LogP contribution in [0.2, 0.25) is 0 Å². The number of ether oxygens (including phenoxy) is 2. The molecular formula is C15H24N2O6S2. The number of nitrogens with one attached hydrogen (secondary N) is 2. The van der Waals surface area contributed by atoms with Crippen molar-refractivity contribution in [1.82, 2.24) is 10.0 Å². The van der Waals surface area contributed by atoms with Crippen LogP contribution in [0.1, 0.15) is 12.8 Å². The molecule has 0 aliphatic carbocycles. The van der Waals surface area contributed by atoms with Crippen molar-refractivity contribution in [2.75, 3.05) is 40.2 Å². The van der Waals surface area contributed by atoms with Gasteiger partial charge < -0.3 is 14.8 Å². The minimum Gasteiger partial charge on any atom is -0.495 e. The van der Waals surface area contributed by atoms with E-state index < -0.39 is 25.4 Å². The van der Waals surface area contributed by atoms with Gasteiger partial charge >= 0.3 is 0 Å². The van der Waals surface area contributed by atoms with E-state index in [0.29, 0.717) is 6.61 Å². The summed E-state index contributed by atoms with van der Waals surface area (Å²) in [4.78, 5) is -0.289. The smallest absolute Gasteiger partial charge is 0.244 e. The zero-order chi connectivity index (χ0) is 18.7. The van der Waals surface area contributed by atoms with Crippen LogP contribution in [0.5, 0.6) is 5.75 Å². The quantitative estimate of drug-likeness (QED) is 0.648. The summed E-state index contributed by atoms with van der Waals surface area (Å²) in [5.74, 6) is 0.0834. The number of benzene rings is 1. The molecule has 1 atom stereocenters. The van der Waals surface area contributed by atoms with Gasteiger partial charge in [-0.05, 0) is 37.6 Å². The van der Waals surface area contributed by atoms with Gasteiger partial charge in [0.1, 0.15) is 10.6 Å². The van der Waals surface area contributed by atoms with Crippen LogP contribution in [0.15, 0.2) is 28.0 Å². The molecule has 10 heteroatoms. The highest BCUT2D eigenvalue weighted by molar-refractivity contribution is 7.91. The van der Waals surface area contributed by atoms with E-state index in [1.807, 2.05) is 0 Å². The van der Waals surface area contributed by atoms with E-state index >= 15 is 0 Å². The van der Waals surface area contributed by atoms with Crippen molar-refractivity contribution in [2.24, 2.45) is 0 Å². The molecule has 1 heterocycles. The lowest BCUT2D eigenvalue weighted by Gasteiger charge is -2.29. The molecule has 1 unspecified atom stereocenters. The number of rotatable bonds is 8. The van der Waals surface area contributed by atoms with Gasteiger partial charge in [-0.3, -0.25) is 0 Å². The number of hydrogen-bond donors (Lipinski definition) is 2. The Hall–Kier alpha value is -1.20. The normalized spacial score (nSPS) is 21.4. The number of methoxy groups -OCH3 is 2. The molecule has 25 heavy (non-hydrogen) atoms. The minimum atomic E-state index is -3.96. The molecule has 1 aliphatic heterocycles. The number of hydrogen-bond acceptors (Lipinski definition) is 7. The van der Waals surface area contributed by atoms with E-state index in [9.17, 15) is 16.8 Å². The Kier molecular flexibility index (Phi) is 6.10. The Bertz CT molecular complexity index is 814. The monoisotopic (exact) mass is 392 g/mol. The summed E-state index contributed by atoms with van der Waals surface area (Å²) in [6.07, 6.45) is 2.73. The molecule has 8 nitrogen and oxygen atoms in total. The Morgan fingerprint density at radius 3 is 2.48 bits per heavy atom. The van der Waals surface area contributed by atoms with Crippen LogP contribution in [0.4, 0.5) is 0 Å². The summed E-state index contributed by atoms with van der Waals surface area (Å²) in [6, 6.07) is 3.77. The Labute approximate surface area is 148 Å². The topological polar surface area (TPSA) is 111 Å². The fourth-order valence-corrected chi connectivity index (χ4v) is 4.92. The largest absolute Gasteiger partial charge is 0.495 e. The van der Waals surface area contributed by atoms with E-state index in [0.717, 1.165) is 31.7 Å². The van der Waals surface area contributed by atoms with E-state index in [2.05, 4.69) is 10.0 Å². The Morgan fingerprint density at radius 2 is 1.96 bits per heavy atom. The third kappa shape index (κ3) is 4.70. The fourth-order valence-electron chi connectivity index (χ4n) is 2.88. The van der Waals surface area contributed by atoms with Gasteiger partial charge in [0.2, 0.25) is 10.0 Å². The Morgan fingerprint density at radius 1 is 1.24 bits per heavy atom. The third-order valence-corrected chi connectivity index (χ3v) is 6.74. The molecule has 1 aromatic carbocycles. The fraction of sp³-hybridized carbons (Fsp3) is 0.600. The zero-order valence-electron chi connectivity index (χ0n) is 14.5. The van der Waals surface area contributed by atoms with Crippen LogP contribution in [0.3, 0.4) is 0 Å². The summed E-state index contributed by atoms with van der Waals surface area (Å²) in [7, 11) is -4.61. The van der Waals surface area contributed by atoms with E-state index in [1.54, 1.807) is 7.11 Å². The van der Waals surface area contributed by atoms with Gasteiger partial charge in [0.05, 0.1) is 24.2 Å². The predicted octanol–water partition coefficient (Wildman–Crippen LogP) is 0.146. The van der Waals surface area contributed by atoms with E-state index in [-0.39, 0.29) is 22.1 Å². The molecule has 0 saturated carbocycles. The highest BCUT2D eigenvalue weighted by Gasteiger charge is 2.35. The molecule has 0 aromatic heterocycles. The highest BCUT2D eigenvalue weighted by atomic mass is 32.2. The predicted molar refractivity (Wildman–Crippen MR) is 93.1 cm³/mol. The maximum atomic E-state index is 12.7. The van der Waals surface area contributed by atoms with Crippen LogP contribution >= 0.6 is 0 Å². The third-order valence-electron chi connectivity index (χ3n) is 4.21. The first-order valence-corrected chi connectivity index (χ1v) is 11.1. The average molecular weight is 392 g/mol. The van der Waals surface area contributed by atoms with Crippen LogP contribution in [-0.2, 0) is 24.6 Å². The van der Waals surface area contributed by atoms with Gasteiger partial charge in [-0.25, -0.2) is 21.6 Å². The lowest BCUT2D eigenvalue weighted by molar-refractivity contribution is 0.122. The molecule has 1 aliphatic rings. The van der Waals surface area contributed by atoms with Crippen LogP contribution < -0.4 is 14.8 Å². The van der Waals surface area contributed by atoms with E-state index in [4.69, 9.17) is 9.47 Å². The molecule has 0 bridgehead atoms. The molecular weight excluding hydrogens is 368 g/mol. The van der Waals surface area contributed by atoms with Crippen LogP contribution in [0, 0.1) is 0 Å². The highest BCUT2D eigenvalue weighted by Crippen LogP contribution is 2.27. The SMILES string of the molecule is COCC1(CNS(=O)(=O)c2cc(S(C)(=O)=O)ccc2OC)CCCN1. The number of sulfone groups is 1. The van der Waals surface area contributed by atoms with Crippen molar-refractivity contribution in [3.8, 4) is 5.75 Å². The number of sulfonamides is 1. The van der Waals surface area contributed by atoms with Crippen molar-refractivity contribution in [3.05, 3.63) is 18.2 Å². The summed E-state index contributed by atoms with van der Waals surface area (Å²) in [5.41, 5.74) is -0.469. The first kappa shape index (κ1) is 20.1. The maximum Gasteiger partial charge on any atom is 0.244 e. The van der Waals surface area contributed by atoms with Crippen molar-refractivity contribution >= 4 is 19.9 Å².